The van der Waals surface area contributed by atoms with Crippen LogP contribution < -0.4 is 0 Å². The van der Waals surface area contributed by atoms with E-state index < -0.39 is 6.29 Å². The Hall–Kier alpha value is -0.570. The second kappa shape index (κ2) is 5.22. The van der Waals surface area contributed by atoms with Gasteiger partial charge in [0.05, 0.1) is 5.92 Å². The average molecular weight is 306 g/mol. The van der Waals surface area contributed by atoms with Gasteiger partial charge in [0, 0.05) is 6.61 Å². The lowest BCUT2D eigenvalue weighted by atomic mass is 9.62. The summed E-state index contributed by atoms with van der Waals surface area (Å²) in [5.74, 6) is 6.86. The zero-order valence-corrected chi connectivity index (χ0v) is 14.3. The second-order valence-electron chi connectivity index (χ2n) is 8.40. The minimum absolute atomic E-state index is 0.00961. The molecular weight excluding hydrogens is 276 g/mol. The van der Waals surface area contributed by atoms with Crippen LogP contribution >= 0.6 is 0 Å². The van der Waals surface area contributed by atoms with E-state index >= 15 is 0 Å². The van der Waals surface area contributed by atoms with Gasteiger partial charge in [-0.25, -0.2) is 0 Å². The molecule has 0 radical (unpaired) electrons. The molecule has 124 valence electrons. The van der Waals surface area contributed by atoms with Crippen LogP contribution in [0.1, 0.15) is 47.0 Å². The molecule has 4 fully saturated rings. The Morgan fingerprint density at radius 3 is 2.41 bits per heavy atom. The monoisotopic (exact) mass is 306 g/mol. The fraction of sp³-hybridized carbons (Fsp3) is 0.947. The fourth-order valence-corrected chi connectivity index (χ4v) is 7.02. The maximum Gasteiger partial charge on any atom is 0.311 e. The van der Waals surface area contributed by atoms with Crippen LogP contribution in [0.15, 0.2) is 0 Å². The molecule has 0 heterocycles. The predicted octanol–water partition coefficient (Wildman–Crippen LogP) is 3.72. The number of ether oxygens (including phenoxy) is 2. The van der Waals surface area contributed by atoms with Gasteiger partial charge in [0.15, 0.2) is 6.29 Å². The van der Waals surface area contributed by atoms with E-state index in [0.29, 0.717) is 12.5 Å². The van der Waals surface area contributed by atoms with Gasteiger partial charge in [0.1, 0.15) is 0 Å². The third kappa shape index (κ3) is 1.93. The number of esters is 1. The van der Waals surface area contributed by atoms with Gasteiger partial charge in [0.2, 0.25) is 0 Å². The topological polar surface area (TPSA) is 35.5 Å². The summed E-state index contributed by atoms with van der Waals surface area (Å²) >= 11 is 0. The Morgan fingerprint density at radius 2 is 1.73 bits per heavy atom. The van der Waals surface area contributed by atoms with E-state index in [1.165, 1.54) is 12.8 Å². The zero-order valence-electron chi connectivity index (χ0n) is 14.3. The highest BCUT2D eigenvalue weighted by Crippen LogP contribution is 2.71. The largest absolute Gasteiger partial charge is 0.436 e. The highest BCUT2D eigenvalue weighted by atomic mass is 16.7. The number of hydrogen-bond acceptors (Lipinski definition) is 3. The molecule has 0 spiro atoms. The van der Waals surface area contributed by atoms with Crippen molar-refractivity contribution in [3.05, 3.63) is 0 Å². The standard InChI is InChI=1S/C19H30O3/c1-5-21-11(4)22-19(20)16-7-12-6-15(16)18-14-8-13(17(12)18)9(2)10(14)3/h9-18H,5-8H2,1-4H3. The average Bonchev–Trinajstić information content (AvgIpc) is 3.19. The summed E-state index contributed by atoms with van der Waals surface area (Å²) in [6.45, 7) is 9.27. The molecule has 0 aromatic carbocycles. The molecule has 4 aliphatic rings. The van der Waals surface area contributed by atoms with Gasteiger partial charge < -0.3 is 9.47 Å². The third-order valence-corrected chi connectivity index (χ3v) is 7.83. The second-order valence-corrected chi connectivity index (χ2v) is 8.40. The Labute approximate surface area is 134 Å². The first-order valence-electron chi connectivity index (χ1n) is 9.35. The summed E-state index contributed by atoms with van der Waals surface area (Å²) in [5, 5.41) is 0. The van der Waals surface area contributed by atoms with E-state index in [-0.39, 0.29) is 11.9 Å². The number of rotatable bonds is 4. The molecular formula is C19H30O3. The Morgan fingerprint density at radius 1 is 1.05 bits per heavy atom. The van der Waals surface area contributed by atoms with E-state index in [1.54, 1.807) is 0 Å². The van der Waals surface area contributed by atoms with Crippen LogP contribution in [0.4, 0.5) is 0 Å². The van der Waals surface area contributed by atoms with Crippen LogP contribution in [0, 0.1) is 53.3 Å². The smallest absolute Gasteiger partial charge is 0.311 e. The summed E-state index contributed by atoms with van der Waals surface area (Å²) < 4.78 is 10.9. The number of fused-ring (bicyclic) bond motifs is 9. The molecule has 4 rings (SSSR count). The molecule has 10 unspecified atom stereocenters. The highest BCUT2D eigenvalue weighted by Gasteiger charge is 2.66. The molecule has 22 heavy (non-hydrogen) atoms. The van der Waals surface area contributed by atoms with Gasteiger partial charge in [-0.15, -0.1) is 0 Å². The molecule has 10 atom stereocenters. The van der Waals surface area contributed by atoms with Crippen LogP contribution in [-0.2, 0) is 14.3 Å². The summed E-state index contributed by atoms with van der Waals surface area (Å²) in [6, 6.07) is 0. The molecule has 0 aromatic rings. The summed E-state index contributed by atoms with van der Waals surface area (Å²) in [4.78, 5) is 12.6. The molecule has 4 saturated carbocycles. The molecule has 0 saturated heterocycles. The van der Waals surface area contributed by atoms with Crippen molar-refractivity contribution in [1.82, 2.24) is 0 Å². The van der Waals surface area contributed by atoms with Crippen molar-refractivity contribution in [2.45, 2.75) is 53.2 Å². The van der Waals surface area contributed by atoms with Gasteiger partial charge in [-0.1, -0.05) is 13.8 Å². The van der Waals surface area contributed by atoms with Crippen LogP contribution in [0.25, 0.3) is 0 Å². The maximum atomic E-state index is 12.6. The Bertz CT molecular complexity index is 462. The third-order valence-electron chi connectivity index (χ3n) is 7.83. The van der Waals surface area contributed by atoms with Crippen LogP contribution in [-0.4, -0.2) is 18.9 Å². The van der Waals surface area contributed by atoms with Crippen molar-refractivity contribution >= 4 is 5.97 Å². The van der Waals surface area contributed by atoms with Gasteiger partial charge in [-0.3, -0.25) is 4.79 Å². The zero-order chi connectivity index (χ0) is 15.6. The van der Waals surface area contributed by atoms with Crippen molar-refractivity contribution in [1.29, 1.82) is 0 Å². The van der Waals surface area contributed by atoms with Crippen LogP contribution in [0.5, 0.6) is 0 Å². The maximum absolute atomic E-state index is 12.6. The minimum Gasteiger partial charge on any atom is -0.436 e. The molecule has 3 nitrogen and oxygen atoms in total. The van der Waals surface area contributed by atoms with Gasteiger partial charge in [0.25, 0.3) is 0 Å². The molecule has 0 aromatic heterocycles. The van der Waals surface area contributed by atoms with E-state index in [2.05, 4.69) is 13.8 Å². The Balaban J connectivity index is 1.47. The van der Waals surface area contributed by atoms with Crippen LogP contribution in [0.2, 0.25) is 0 Å². The summed E-state index contributed by atoms with van der Waals surface area (Å²) in [7, 11) is 0. The summed E-state index contributed by atoms with van der Waals surface area (Å²) in [6.07, 6.45) is 3.39. The molecule has 0 N–H and O–H groups in total. The SMILES string of the molecule is CCOC(C)OC(=O)C1CC2CC1C1C3CC(C(C)C3C)C21. The van der Waals surface area contributed by atoms with E-state index in [1.807, 2.05) is 13.8 Å². The molecule has 0 aliphatic heterocycles. The van der Waals surface area contributed by atoms with Crippen molar-refractivity contribution in [2.75, 3.05) is 6.61 Å². The van der Waals surface area contributed by atoms with Crippen molar-refractivity contribution < 1.29 is 14.3 Å². The first kappa shape index (κ1) is 15.0. The van der Waals surface area contributed by atoms with Gasteiger partial charge >= 0.3 is 5.97 Å². The van der Waals surface area contributed by atoms with Gasteiger partial charge in [-0.05, 0) is 80.5 Å². The van der Waals surface area contributed by atoms with Crippen molar-refractivity contribution in [3.8, 4) is 0 Å². The summed E-state index contributed by atoms with van der Waals surface area (Å²) in [5.41, 5.74) is 0. The molecule has 4 bridgehead atoms. The first-order valence-corrected chi connectivity index (χ1v) is 9.35. The lowest BCUT2D eigenvalue weighted by molar-refractivity contribution is -0.182. The fourth-order valence-electron chi connectivity index (χ4n) is 7.02. The lowest BCUT2D eigenvalue weighted by Crippen LogP contribution is -2.41. The molecule has 3 heteroatoms. The van der Waals surface area contributed by atoms with Crippen LogP contribution in [0.3, 0.4) is 0 Å². The number of hydrogen-bond donors (Lipinski definition) is 0. The molecule has 0 amide bonds. The first-order chi connectivity index (χ1) is 10.5. The van der Waals surface area contributed by atoms with E-state index in [0.717, 1.165) is 47.8 Å². The van der Waals surface area contributed by atoms with E-state index in [4.69, 9.17) is 9.47 Å². The molecule has 4 aliphatic carbocycles. The quantitative estimate of drug-likeness (QED) is 0.451. The number of carbonyl (C=O) groups is 1. The normalized spacial score (nSPS) is 52.8. The highest BCUT2D eigenvalue weighted by molar-refractivity contribution is 5.73. The lowest BCUT2D eigenvalue weighted by Gasteiger charge is -2.43. The minimum atomic E-state index is -0.397. The Kier molecular flexibility index (Phi) is 3.56. The van der Waals surface area contributed by atoms with Gasteiger partial charge in [-0.2, -0.15) is 0 Å². The van der Waals surface area contributed by atoms with Crippen molar-refractivity contribution in [2.24, 2.45) is 53.3 Å². The number of carbonyl (C=O) groups excluding carboxylic acids is 1. The predicted molar refractivity (Wildman–Crippen MR) is 83.8 cm³/mol. The van der Waals surface area contributed by atoms with E-state index in [9.17, 15) is 4.79 Å². The van der Waals surface area contributed by atoms with Crippen molar-refractivity contribution in [3.63, 3.8) is 0 Å².